The molecule has 1 spiro atoms. The van der Waals surface area contributed by atoms with E-state index in [-0.39, 0.29) is 11.4 Å². The molecule has 0 aromatic carbocycles. The van der Waals surface area contributed by atoms with Crippen LogP contribution in [0.2, 0.25) is 0 Å². The van der Waals surface area contributed by atoms with Crippen LogP contribution in [0, 0.1) is 11.8 Å². The molecule has 1 saturated heterocycles. The maximum atomic E-state index is 12.0. The third-order valence-electron chi connectivity index (χ3n) is 5.25. The number of rotatable bonds is 2. The lowest BCUT2D eigenvalue weighted by atomic mass is 9.81. The SMILES string of the molecule is CCCN1C[C@@H]2CC[C@@]3(CC(C)=NN3C(C)=O)[C@H]2C1. The van der Waals surface area contributed by atoms with Gasteiger partial charge in [-0.3, -0.25) is 4.79 Å². The fraction of sp³-hybridized carbons (Fsp3) is 0.867. The van der Waals surface area contributed by atoms with Crippen LogP contribution in [0.1, 0.15) is 46.5 Å². The van der Waals surface area contributed by atoms with Crippen LogP contribution >= 0.6 is 0 Å². The second-order valence-corrected chi connectivity index (χ2v) is 6.61. The van der Waals surface area contributed by atoms with E-state index in [4.69, 9.17) is 0 Å². The Labute approximate surface area is 115 Å². The molecule has 0 bridgehead atoms. The van der Waals surface area contributed by atoms with Crippen LogP contribution in [0.3, 0.4) is 0 Å². The highest BCUT2D eigenvalue weighted by Crippen LogP contribution is 2.52. The van der Waals surface area contributed by atoms with Gasteiger partial charge in [0.25, 0.3) is 0 Å². The monoisotopic (exact) mass is 263 g/mol. The fourth-order valence-corrected chi connectivity index (χ4v) is 4.67. The Balaban J connectivity index is 1.84. The van der Waals surface area contributed by atoms with Gasteiger partial charge in [-0.1, -0.05) is 6.92 Å². The molecule has 1 saturated carbocycles. The van der Waals surface area contributed by atoms with Crippen LogP contribution in [0.15, 0.2) is 5.10 Å². The van der Waals surface area contributed by atoms with Crippen LogP contribution in [0.25, 0.3) is 0 Å². The first-order chi connectivity index (χ1) is 9.06. The molecular formula is C15H25N3O. The molecule has 0 radical (unpaired) electrons. The summed E-state index contributed by atoms with van der Waals surface area (Å²) in [7, 11) is 0. The first-order valence-electron chi connectivity index (χ1n) is 7.64. The number of likely N-dealkylation sites (tertiary alicyclic amines) is 1. The fourth-order valence-electron chi connectivity index (χ4n) is 4.67. The van der Waals surface area contributed by atoms with Gasteiger partial charge in [-0.15, -0.1) is 0 Å². The number of hydrogen-bond donors (Lipinski definition) is 0. The van der Waals surface area contributed by atoms with Crippen molar-refractivity contribution in [3.05, 3.63) is 0 Å². The number of hydrogen-bond acceptors (Lipinski definition) is 3. The number of carbonyl (C=O) groups excluding carboxylic acids is 1. The Kier molecular flexibility index (Phi) is 3.16. The van der Waals surface area contributed by atoms with Gasteiger partial charge in [-0.25, -0.2) is 5.01 Å². The third-order valence-corrected chi connectivity index (χ3v) is 5.25. The smallest absolute Gasteiger partial charge is 0.240 e. The van der Waals surface area contributed by atoms with Crippen molar-refractivity contribution in [2.24, 2.45) is 16.9 Å². The molecule has 0 aromatic heterocycles. The van der Waals surface area contributed by atoms with Gasteiger partial charge in [0.1, 0.15) is 0 Å². The molecule has 2 heterocycles. The van der Waals surface area contributed by atoms with Crippen molar-refractivity contribution in [3.63, 3.8) is 0 Å². The molecule has 3 rings (SSSR count). The van der Waals surface area contributed by atoms with E-state index in [0.29, 0.717) is 5.92 Å². The molecule has 0 unspecified atom stereocenters. The normalized spacial score (nSPS) is 38.1. The summed E-state index contributed by atoms with van der Waals surface area (Å²) in [5.41, 5.74) is 1.15. The Morgan fingerprint density at radius 2 is 2.26 bits per heavy atom. The van der Waals surface area contributed by atoms with Crippen molar-refractivity contribution < 1.29 is 4.79 Å². The van der Waals surface area contributed by atoms with Crippen LogP contribution in [-0.4, -0.2) is 46.7 Å². The Morgan fingerprint density at radius 3 is 2.95 bits per heavy atom. The van der Waals surface area contributed by atoms with E-state index >= 15 is 0 Å². The summed E-state index contributed by atoms with van der Waals surface area (Å²) in [5, 5.41) is 6.37. The summed E-state index contributed by atoms with van der Waals surface area (Å²) >= 11 is 0. The average molecular weight is 263 g/mol. The van der Waals surface area contributed by atoms with Gasteiger partial charge in [-0.05, 0) is 38.6 Å². The molecule has 0 N–H and O–H groups in total. The molecule has 4 heteroatoms. The van der Waals surface area contributed by atoms with Gasteiger partial charge in [0.15, 0.2) is 0 Å². The number of nitrogens with zero attached hydrogens (tertiary/aromatic N) is 3. The zero-order chi connectivity index (χ0) is 13.6. The molecule has 1 amide bonds. The van der Waals surface area contributed by atoms with Crippen molar-refractivity contribution in [1.29, 1.82) is 0 Å². The average Bonchev–Trinajstić information content (AvgIpc) is 2.97. The molecule has 19 heavy (non-hydrogen) atoms. The molecule has 106 valence electrons. The van der Waals surface area contributed by atoms with E-state index in [1.165, 1.54) is 25.9 Å². The molecule has 3 atom stereocenters. The van der Waals surface area contributed by atoms with Crippen LogP contribution in [0.5, 0.6) is 0 Å². The van der Waals surface area contributed by atoms with E-state index in [9.17, 15) is 4.79 Å². The van der Waals surface area contributed by atoms with Gasteiger partial charge >= 0.3 is 0 Å². The van der Waals surface area contributed by atoms with E-state index in [1.807, 2.05) is 5.01 Å². The predicted octanol–water partition coefficient (Wildman–Crippen LogP) is 2.11. The summed E-state index contributed by atoms with van der Waals surface area (Å²) in [6, 6.07) is 0. The van der Waals surface area contributed by atoms with Gasteiger partial charge in [0.05, 0.1) is 5.54 Å². The highest BCUT2D eigenvalue weighted by molar-refractivity contribution is 5.88. The minimum Gasteiger partial charge on any atom is -0.303 e. The number of hydrazone groups is 1. The first kappa shape index (κ1) is 13.1. The number of carbonyl (C=O) groups is 1. The van der Waals surface area contributed by atoms with Gasteiger partial charge in [0.2, 0.25) is 5.91 Å². The maximum Gasteiger partial charge on any atom is 0.240 e. The minimum atomic E-state index is 0.0169. The van der Waals surface area contributed by atoms with Crippen molar-refractivity contribution in [2.45, 2.75) is 52.0 Å². The number of fused-ring (bicyclic) bond motifs is 2. The molecule has 2 aliphatic heterocycles. The standard InChI is InChI=1S/C15H25N3O/c1-4-7-17-9-13-5-6-15(14(13)10-17)8-11(2)16-18(15)12(3)19/h13-14H,4-10H2,1-3H3/t13-,14-,15+/m0/s1. The topological polar surface area (TPSA) is 35.9 Å². The largest absolute Gasteiger partial charge is 0.303 e. The van der Waals surface area contributed by atoms with Crippen LogP contribution in [0.4, 0.5) is 0 Å². The maximum absolute atomic E-state index is 12.0. The summed E-state index contributed by atoms with van der Waals surface area (Å²) in [4.78, 5) is 14.5. The van der Waals surface area contributed by atoms with E-state index < -0.39 is 0 Å². The Bertz CT molecular complexity index is 420. The lowest BCUT2D eigenvalue weighted by Crippen LogP contribution is -2.50. The summed E-state index contributed by atoms with van der Waals surface area (Å²) < 4.78 is 0. The quantitative estimate of drug-likeness (QED) is 0.765. The predicted molar refractivity (Wildman–Crippen MR) is 75.9 cm³/mol. The molecule has 3 aliphatic rings. The van der Waals surface area contributed by atoms with Gasteiger partial charge < -0.3 is 4.90 Å². The lowest BCUT2D eigenvalue weighted by Gasteiger charge is -2.37. The minimum absolute atomic E-state index is 0.0169. The van der Waals surface area contributed by atoms with Crippen molar-refractivity contribution >= 4 is 11.6 Å². The number of amides is 1. The van der Waals surface area contributed by atoms with Crippen molar-refractivity contribution in [1.82, 2.24) is 9.91 Å². The molecular weight excluding hydrogens is 238 g/mol. The second-order valence-electron chi connectivity index (χ2n) is 6.61. The van der Waals surface area contributed by atoms with E-state index in [0.717, 1.165) is 31.0 Å². The Hall–Kier alpha value is -0.900. The second kappa shape index (κ2) is 4.58. The molecule has 0 aromatic rings. The summed E-state index contributed by atoms with van der Waals surface area (Å²) in [6.07, 6.45) is 4.62. The lowest BCUT2D eigenvalue weighted by molar-refractivity contribution is -0.135. The van der Waals surface area contributed by atoms with Crippen molar-refractivity contribution in [2.75, 3.05) is 19.6 Å². The van der Waals surface area contributed by atoms with E-state index in [1.54, 1.807) is 6.92 Å². The first-order valence-corrected chi connectivity index (χ1v) is 7.64. The molecule has 4 nitrogen and oxygen atoms in total. The van der Waals surface area contributed by atoms with Crippen LogP contribution in [-0.2, 0) is 4.79 Å². The van der Waals surface area contributed by atoms with Gasteiger partial charge in [0, 0.05) is 38.1 Å². The third kappa shape index (κ3) is 1.92. The van der Waals surface area contributed by atoms with Crippen LogP contribution < -0.4 is 0 Å². The van der Waals surface area contributed by atoms with Gasteiger partial charge in [-0.2, -0.15) is 5.10 Å². The zero-order valence-corrected chi connectivity index (χ0v) is 12.4. The molecule has 1 aliphatic carbocycles. The highest BCUT2D eigenvalue weighted by atomic mass is 16.2. The Morgan fingerprint density at radius 1 is 1.47 bits per heavy atom. The van der Waals surface area contributed by atoms with Crippen molar-refractivity contribution in [3.8, 4) is 0 Å². The molecule has 2 fully saturated rings. The van der Waals surface area contributed by atoms with E-state index in [2.05, 4.69) is 23.8 Å². The summed E-state index contributed by atoms with van der Waals surface area (Å²) in [5.74, 6) is 1.52. The highest BCUT2D eigenvalue weighted by Gasteiger charge is 2.58. The summed E-state index contributed by atoms with van der Waals surface area (Å²) in [6.45, 7) is 9.56. The zero-order valence-electron chi connectivity index (χ0n) is 12.4.